The van der Waals surface area contributed by atoms with Gasteiger partial charge in [-0.05, 0) is 31.9 Å². The molecule has 0 saturated carbocycles. The summed E-state index contributed by atoms with van der Waals surface area (Å²) in [7, 11) is 0. The molecule has 2 heterocycles. The third-order valence-electron chi connectivity index (χ3n) is 2.60. The maximum atomic E-state index is 5.55. The van der Waals surface area contributed by atoms with Crippen LogP contribution in [0.1, 0.15) is 30.8 Å². The van der Waals surface area contributed by atoms with Crippen molar-refractivity contribution >= 4 is 23.5 Å². The number of rotatable bonds is 5. The van der Waals surface area contributed by atoms with Crippen LogP contribution in [0.2, 0.25) is 0 Å². The van der Waals surface area contributed by atoms with Crippen molar-refractivity contribution in [2.24, 2.45) is 0 Å². The molecule has 3 heteroatoms. The van der Waals surface area contributed by atoms with E-state index in [2.05, 4.69) is 35.7 Å². The lowest BCUT2D eigenvalue weighted by molar-refractivity contribution is 0.473. The lowest BCUT2D eigenvalue weighted by Crippen LogP contribution is -1.92. The molecule has 0 spiro atoms. The number of hydrogen-bond acceptors (Lipinski definition) is 3. The van der Waals surface area contributed by atoms with Crippen LogP contribution in [-0.2, 0) is 6.42 Å². The molecule has 84 valence electrons. The highest BCUT2D eigenvalue weighted by Crippen LogP contribution is 2.35. The third kappa shape index (κ3) is 3.80. The monoisotopic (exact) mass is 242 g/mol. The van der Waals surface area contributed by atoms with Crippen LogP contribution in [0.5, 0.6) is 0 Å². The molecule has 1 fully saturated rings. The Morgan fingerprint density at radius 1 is 1.27 bits per heavy atom. The van der Waals surface area contributed by atoms with Gasteiger partial charge in [-0.15, -0.1) is 23.5 Å². The molecule has 1 aromatic heterocycles. The van der Waals surface area contributed by atoms with Gasteiger partial charge in [-0.2, -0.15) is 0 Å². The van der Waals surface area contributed by atoms with Crippen LogP contribution in [0.25, 0.3) is 0 Å². The van der Waals surface area contributed by atoms with Gasteiger partial charge in [0.2, 0.25) is 0 Å². The average Bonchev–Trinajstić information content (AvgIpc) is 2.84. The summed E-state index contributed by atoms with van der Waals surface area (Å²) >= 11 is 4.26. The Morgan fingerprint density at radius 2 is 2.07 bits per heavy atom. The minimum Gasteiger partial charge on any atom is -0.466 e. The average molecular weight is 242 g/mol. The van der Waals surface area contributed by atoms with Gasteiger partial charge in [0, 0.05) is 17.9 Å². The summed E-state index contributed by atoms with van der Waals surface area (Å²) in [6.07, 6.45) is 5.08. The van der Waals surface area contributed by atoms with E-state index in [9.17, 15) is 0 Å². The first-order chi connectivity index (χ1) is 7.34. The van der Waals surface area contributed by atoms with Crippen molar-refractivity contribution < 1.29 is 4.42 Å². The Balaban J connectivity index is 1.58. The lowest BCUT2D eigenvalue weighted by atomic mass is 10.2. The smallest absolute Gasteiger partial charge is 0.104 e. The Labute approximate surface area is 100 Å². The molecule has 2 rings (SSSR count). The first-order valence-electron chi connectivity index (χ1n) is 5.63. The summed E-state index contributed by atoms with van der Waals surface area (Å²) in [5, 5.41) is 0. The van der Waals surface area contributed by atoms with Crippen LogP contribution >= 0.6 is 23.5 Å². The predicted octanol–water partition coefficient (Wildman–Crippen LogP) is 4.11. The molecule has 0 aromatic carbocycles. The van der Waals surface area contributed by atoms with E-state index in [4.69, 9.17) is 4.42 Å². The molecule has 1 saturated heterocycles. The van der Waals surface area contributed by atoms with E-state index in [1.54, 1.807) is 0 Å². The molecule has 15 heavy (non-hydrogen) atoms. The summed E-state index contributed by atoms with van der Waals surface area (Å²) in [5.74, 6) is 4.89. The van der Waals surface area contributed by atoms with Crippen molar-refractivity contribution in [2.75, 3.05) is 11.5 Å². The molecule has 0 N–H and O–H groups in total. The SMILES string of the molecule is Cc1ccc(CCCCC2SCCS2)o1. The number of hydrogen-bond donors (Lipinski definition) is 0. The lowest BCUT2D eigenvalue weighted by Gasteiger charge is -2.06. The number of unbranched alkanes of at least 4 members (excludes halogenated alkanes) is 1. The molecule has 1 aliphatic heterocycles. The van der Waals surface area contributed by atoms with E-state index in [1.165, 1.54) is 30.8 Å². The molecule has 0 unspecified atom stereocenters. The van der Waals surface area contributed by atoms with Crippen molar-refractivity contribution in [3.8, 4) is 0 Å². The molecule has 0 aliphatic carbocycles. The second-order valence-corrected chi connectivity index (χ2v) is 6.85. The minimum absolute atomic E-state index is 0.878. The van der Waals surface area contributed by atoms with Crippen LogP contribution in [0, 0.1) is 6.92 Å². The predicted molar refractivity (Wildman–Crippen MR) is 69.7 cm³/mol. The molecule has 1 nitrogen and oxygen atoms in total. The van der Waals surface area contributed by atoms with Gasteiger partial charge >= 0.3 is 0 Å². The molecule has 0 amide bonds. The van der Waals surface area contributed by atoms with E-state index in [0.717, 1.165) is 22.5 Å². The van der Waals surface area contributed by atoms with Crippen LogP contribution < -0.4 is 0 Å². The maximum Gasteiger partial charge on any atom is 0.104 e. The van der Waals surface area contributed by atoms with Gasteiger partial charge in [-0.3, -0.25) is 0 Å². The third-order valence-corrected chi connectivity index (χ3v) is 5.77. The number of aryl methyl sites for hydroxylation is 2. The molecule has 0 atom stereocenters. The van der Waals surface area contributed by atoms with Gasteiger partial charge in [-0.25, -0.2) is 0 Å². The van der Waals surface area contributed by atoms with Crippen LogP contribution in [0.3, 0.4) is 0 Å². The fourth-order valence-electron chi connectivity index (χ4n) is 1.80. The summed E-state index contributed by atoms with van der Waals surface area (Å²) < 4.78 is 6.42. The Kier molecular flexibility index (Phi) is 4.51. The number of furan rings is 1. The van der Waals surface area contributed by atoms with Crippen molar-refractivity contribution in [2.45, 2.75) is 37.2 Å². The fourth-order valence-corrected chi connectivity index (χ4v) is 4.73. The van der Waals surface area contributed by atoms with E-state index < -0.39 is 0 Å². The van der Waals surface area contributed by atoms with Crippen molar-refractivity contribution in [1.29, 1.82) is 0 Å². The molecule has 0 bridgehead atoms. The fraction of sp³-hybridized carbons (Fsp3) is 0.667. The van der Waals surface area contributed by atoms with Gasteiger partial charge < -0.3 is 4.42 Å². The normalized spacial score (nSPS) is 17.4. The summed E-state index contributed by atoms with van der Waals surface area (Å²) in [4.78, 5) is 0. The van der Waals surface area contributed by atoms with Crippen molar-refractivity contribution in [3.05, 3.63) is 23.7 Å². The largest absolute Gasteiger partial charge is 0.466 e. The van der Waals surface area contributed by atoms with Gasteiger partial charge in [0.1, 0.15) is 11.5 Å². The van der Waals surface area contributed by atoms with E-state index in [0.29, 0.717) is 0 Å². The van der Waals surface area contributed by atoms with Crippen LogP contribution in [-0.4, -0.2) is 16.1 Å². The van der Waals surface area contributed by atoms with Crippen LogP contribution in [0.4, 0.5) is 0 Å². The standard InChI is InChI=1S/C12H18OS2/c1-10-6-7-11(13-10)4-2-3-5-12-14-8-9-15-12/h6-7,12H,2-5,8-9H2,1H3. The zero-order valence-corrected chi connectivity index (χ0v) is 10.8. The Bertz CT molecular complexity index is 290. The van der Waals surface area contributed by atoms with E-state index >= 15 is 0 Å². The van der Waals surface area contributed by atoms with Gasteiger partial charge in [0.25, 0.3) is 0 Å². The summed E-state index contributed by atoms with van der Waals surface area (Å²) in [6.45, 7) is 2.01. The maximum absolute atomic E-state index is 5.55. The highest BCUT2D eigenvalue weighted by molar-refractivity contribution is 8.20. The zero-order valence-electron chi connectivity index (χ0n) is 9.20. The number of thioether (sulfide) groups is 2. The minimum atomic E-state index is 0.878. The molecular formula is C12H18OS2. The zero-order chi connectivity index (χ0) is 10.5. The quantitative estimate of drug-likeness (QED) is 0.721. The Morgan fingerprint density at radius 3 is 2.73 bits per heavy atom. The van der Waals surface area contributed by atoms with Gasteiger partial charge in [-0.1, -0.05) is 6.42 Å². The summed E-state index contributed by atoms with van der Waals surface area (Å²) in [5.41, 5.74) is 0. The summed E-state index contributed by atoms with van der Waals surface area (Å²) in [6, 6.07) is 4.16. The van der Waals surface area contributed by atoms with Crippen molar-refractivity contribution in [3.63, 3.8) is 0 Å². The topological polar surface area (TPSA) is 13.1 Å². The first kappa shape index (κ1) is 11.5. The van der Waals surface area contributed by atoms with Crippen molar-refractivity contribution in [1.82, 2.24) is 0 Å². The molecular weight excluding hydrogens is 224 g/mol. The van der Waals surface area contributed by atoms with Crippen LogP contribution in [0.15, 0.2) is 16.5 Å². The first-order valence-corrected chi connectivity index (χ1v) is 7.73. The van der Waals surface area contributed by atoms with E-state index in [-0.39, 0.29) is 0 Å². The molecule has 0 radical (unpaired) electrons. The van der Waals surface area contributed by atoms with E-state index in [1.807, 2.05) is 6.92 Å². The Hall–Kier alpha value is -0.0200. The second-order valence-electron chi connectivity index (χ2n) is 3.93. The second kappa shape index (κ2) is 5.90. The highest BCUT2D eigenvalue weighted by Gasteiger charge is 2.15. The van der Waals surface area contributed by atoms with Gasteiger partial charge in [0.15, 0.2) is 0 Å². The van der Waals surface area contributed by atoms with Gasteiger partial charge in [0.05, 0.1) is 4.58 Å². The molecule has 1 aromatic rings. The highest BCUT2D eigenvalue weighted by atomic mass is 32.2. The molecule has 1 aliphatic rings.